The molecule has 0 aromatic rings. The molecule has 0 N–H and O–H groups in total. The number of hydrogen-bond donors (Lipinski definition) is 0. The summed E-state index contributed by atoms with van der Waals surface area (Å²) in [4.78, 5) is 64.4. The van der Waals surface area contributed by atoms with Crippen LogP contribution in [0.4, 0.5) is 0 Å². The molecule has 0 aromatic carbocycles. The third-order valence-electron chi connectivity index (χ3n) is 3.98. The number of ketones is 3. The second kappa shape index (κ2) is 26.0. The maximum absolute atomic E-state index is 11.3. The molecule has 0 aliphatic heterocycles. The normalized spacial score (nSPS) is 15.3. The van der Waals surface area contributed by atoms with E-state index in [-0.39, 0.29) is 69.2 Å². The van der Waals surface area contributed by atoms with E-state index in [9.17, 15) is 28.8 Å². The SMILES string of the molecule is C.CCOC(=O)C(=O)C1CCCC1=O.CCOC(=O)C(=O)OCC.CC[O-].O=C1CCCC1.[Na+]. The molecule has 0 amide bonds. The van der Waals surface area contributed by atoms with E-state index in [0.29, 0.717) is 25.0 Å². The summed E-state index contributed by atoms with van der Waals surface area (Å²) in [5.74, 6) is -3.80. The molecule has 11 heteroatoms. The van der Waals surface area contributed by atoms with Crippen LogP contribution in [0.5, 0.6) is 0 Å². The van der Waals surface area contributed by atoms with E-state index in [4.69, 9.17) is 5.11 Å². The van der Waals surface area contributed by atoms with E-state index in [2.05, 4.69) is 14.2 Å². The molecule has 192 valence electrons. The van der Waals surface area contributed by atoms with Crippen LogP contribution < -0.4 is 34.7 Å². The first kappa shape index (κ1) is 39.6. The number of rotatable bonds is 5. The molecule has 0 saturated heterocycles. The van der Waals surface area contributed by atoms with Crippen molar-refractivity contribution in [2.24, 2.45) is 5.92 Å². The van der Waals surface area contributed by atoms with Gasteiger partial charge in [-0.05, 0) is 46.5 Å². The van der Waals surface area contributed by atoms with Crippen LogP contribution in [0.2, 0.25) is 0 Å². The van der Waals surface area contributed by atoms with Crippen LogP contribution in [-0.2, 0) is 43.0 Å². The molecule has 2 aliphatic carbocycles. The van der Waals surface area contributed by atoms with Gasteiger partial charge in [0.15, 0.2) is 0 Å². The number of ether oxygens (including phenoxy) is 3. The molecule has 10 nitrogen and oxygen atoms in total. The first-order valence-corrected chi connectivity index (χ1v) is 10.9. The number of carbonyl (C=O) groups is 6. The van der Waals surface area contributed by atoms with Crippen LogP contribution in [-0.4, -0.2) is 61.7 Å². The summed E-state index contributed by atoms with van der Waals surface area (Å²) in [6.07, 6.45) is 5.58. The van der Waals surface area contributed by atoms with Gasteiger partial charge in [0.2, 0.25) is 5.78 Å². The first-order chi connectivity index (χ1) is 15.2. The van der Waals surface area contributed by atoms with Gasteiger partial charge in [-0.1, -0.05) is 14.4 Å². The van der Waals surface area contributed by atoms with Crippen LogP contribution in [0.3, 0.4) is 0 Å². The zero-order valence-corrected chi connectivity index (χ0v) is 22.4. The summed E-state index contributed by atoms with van der Waals surface area (Å²) in [6, 6.07) is 0. The fourth-order valence-corrected chi connectivity index (χ4v) is 2.59. The monoisotopic (exact) mass is 498 g/mol. The maximum Gasteiger partial charge on any atom is 1.00 e. The van der Waals surface area contributed by atoms with Crippen LogP contribution >= 0.6 is 0 Å². The molecule has 2 aliphatic rings. The van der Waals surface area contributed by atoms with Crippen molar-refractivity contribution in [1.29, 1.82) is 0 Å². The molecular weight excluding hydrogens is 459 g/mol. The van der Waals surface area contributed by atoms with Gasteiger partial charge >= 0.3 is 47.5 Å². The third-order valence-corrected chi connectivity index (χ3v) is 3.98. The Morgan fingerprint density at radius 1 is 0.765 bits per heavy atom. The molecular formula is C23H39NaO10. The summed E-state index contributed by atoms with van der Waals surface area (Å²) >= 11 is 0. The average Bonchev–Trinajstić information content (AvgIpc) is 3.40. The second-order valence-electron chi connectivity index (χ2n) is 6.47. The zero-order chi connectivity index (χ0) is 24.9. The summed E-state index contributed by atoms with van der Waals surface area (Å²) < 4.78 is 13.2. The minimum absolute atomic E-state index is 0. The molecule has 34 heavy (non-hydrogen) atoms. The maximum atomic E-state index is 11.3. The minimum atomic E-state index is -0.927. The van der Waals surface area contributed by atoms with Gasteiger partial charge in [-0.15, -0.1) is 6.61 Å². The largest absolute Gasteiger partial charge is 1.00 e. The van der Waals surface area contributed by atoms with Gasteiger partial charge in [0.1, 0.15) is 11.6 Å². The number of Topliss-reactive ketones (excluding diaryl/α,β-unsaturated/α-hetero) is 3. The zero-order valence-electron chi connectivity index (χ0n) is 20.4. The number of carbonyl (C=O) groups excluding carboxylic acids is 6. The van der Waals surface area contributed by atoms with Gasteiger partial charge in [-0.25, -0.2) is 14.4 Å². The average molecular weight is 499 g/mol. The topological polar surface area (TPSA) is 153 Å². The van der Waals surface area contributed by atoms with Gasteiger partial charge in [-0.3, -0.25) is 14.4 Å². The second-order valence-corrected chi connectivity index (χ2v) is 6.47. The van der Waals surface area contributed by atoms with Crippen LogP contribution in [0.1, 0.15) is 80.1 Å². The van der Waals surface area contributed by atoms with Crippen molar-refractivity contribution in [2.45, 2.75) is 80.1 Å². The van der Waals surface area contributed by atoms with Crippen LogP contribution in [0, 0.1) is 5.92 Å². The molecule has 0 spiro atoms. The minimum Gasteiger partial charge on any atom is -0.855 e. The Balaban J connectivity index is -0.000000191. The van der Waals surface area contributed by atoms with Crippen molar-refractivity contribution in [1.82, 2.24) is 0 Å². The van der Waals surface area contributed by atoms with Gasteiger partial charge in [-0.2, -0.15) is 0 Å². The molecule has 0 bridgehead atoms. The summed E-state index contributed by atoms with van der Waals surface area (Å²) in [5.41, 5.74) is 0. The Hall–Kier alpha value is -1.62. The summed E-state index contributed by atoms with van der Waals surface area (Å²) in [7, 11) is 0. The van der Waals surface area contributed by atoms with E-state index in [0.717, 1.165) is 25.7 Å². The van der Waals surface area contributed by atoms with E-state index in [1.54, 1.807) is 27.7 Å². The summed E-state index contributed by atoms with van der Waals surface area (Å²) in [5, 5.41) is 8.93. The quantitative estimate of drug-likeness (QED) is 0.147. The number of esters is 3. The van der Waals surface area contributed by atoms with Crippen molar-refractivity contribution in [2.75, 3.05) is 26.4 Å². The van der Waals surface area contributed by atoms with Crippen molar-refractivity contribution in [3.05, 3.63) is 0 Å². The third kappa shape index (κ3) is 19.8. The van der Waals surface area contributed by atoms with Crippen molar-refractivity contribution < 1.29 is 77.6 Å². The Kier molecular flexibility index (Phi) is 30.3. The molecule has 2 fully saturated rings. The van der Waals surface area contributed by atoms with Crippen molar-refractivity contribution in [3.63, 3.8) is 0 Å². The smallest absolute Gasteiger partial charge is 0.855 e. The molecule has 0 radical (unpaired) electrons. The Labute approximate surface area is 224 Å². The van der Waals surface area contributed by atoms with Crippen LogP contribution in [0.25, 0.3) is 0 Å². The molecule has 1 unspecified atom stereocenters. The van der Waals surface area contributed by atoms with E-state index < -0.39 is 29.6 Å². The predicted molar refractivity (Wildman–Crippen MR) is 118 cm³/mol. The van der Waals surface area contributed by atoms with E-state index in [1.807, 2.05) is 0 Å². The van der Waals surface area contributed by atoms with Gasteiger partial charge in [0.05, 0.1) is 25.7 Å². The Morgan fingerprint density at radius 3 is 1.41 bits per heavy atom. The Morgan fingerprint density at radius 2 is 1.15 bits per heavy atom. The van der Waals surface area contributed by atoms with Crippen molar-refractivity contribution in [3.8, 4) is 0 Å². The molecule has 1 atom stereocenters. The molecule has 2 rings (SSSR count). The van der Waals surface area contributed by atoms with Gasteiger partial charge in [0, 0.05) is 19.3 Å². The van der Waals surface area contributed by atoms with Gasteiger partial charge in [0.25, 0.3) is 0 Å². The van der Waals surface area contributed by atoms with Gasteiger partial charge < -0.3 is 19.3 Å². The first-order valence-electron chi connectivity index (χ1n) is 10.9. The molecule has 0 heterocycles. The number of hydrogen-bond acceptors (Lipinski definition) is 10. The van der Waals surface area contributed by atoms with Crippen molar-refractivity contribution >= 4 is 35.3 Å². The Bertz CT molecular complexity index is 595. The summed E-state index contributed by atoms with van der Waals surface area (Å²) in [6.45, 7) is 7.00. The molecule has 2 saturated carbocycles. The standard InChI is InChI=1S/C9H12O4.C6H10O4.C5H8O.C2H5O.CH4.Na/c1-2-13-9(12)8(11)6-4-3-5-7(6)10;1-3-9-5(7)6(8)10-4-2;6-5-3-1-2-4-5;1-2-3;;/h6H,2-5H2,1H3;3-4H2,1-2H3;1-4H2;2H2,1H3;1H4;/q;;;-1;;+1. The van der Waals surface area contributed by atoms with Crippen LogP contribution in [0.15, 0.2) is 0 Å². The van der Waals surface area contributed by atoms with E-state index in [1.165, 1.54) is 0 Å². The fraction of sp³-hybridized carbons (Fsp3) is 0.739. The predicted octanol–water partition coefficient (Wildman–Crippen LogP) is -1.26. The fourth-order valence-electron chi connectivity index (χ4n) is 2.59. The van der Waals surface area contributed by atoms with E-state index >= 15 is 0 Å². The molecule has 0 aromatic heterocycles.